The summed E-state index contributed by atoms with van der Waals surface area (Å²) in [6.45, 7) is 6.95. The number of carbonyl (C=O) groups is 1. The van der Waals surface area contributed by atoms with Crippen LogP contribution < -0.4 is 0 Å². The third-order valence-corrected chi connectivity index (χ3v) is 12.0. The van der Waals surface area contributed by atoms with Gasteiger partial charge in [0, 0.05) is 17.9 Å². The first-order valence-corrected chi connectivity index (χ1v) is 14.3. The predicted molar refractivity (Wildman–Crippen MR) is 132 cm³/mol. The number of hydrogen-bond donors (Lipinski definition) is 3. The second-order valence-electron chi connectivity index (χ2n) is 13.4. The molecule has 0 bridgehead atoms. The van der Waals surface area contributed by atoms with E-state index in [1.807, 2.05) is 6.92 Å². The maximum absolute atomic E-state index is 12.4. The number of aliphatic hydroxyl groups excluding tert-OH is 2. The quantitative estimate of drug-likeness (QED) is 0.399. The first-order valence-electron chi connectivity index (χ1n) is 14.3. The Morgan fingerprint density at radius 2 is 1.78 bits per heavy atom. The van der Waals surface area contributed by atoms with Gasteiger partial charge >= 0.3 is 5.97 Å². The lowest BCUT2D eigenvalue weighted by Gasteiger charge is -2.64. The van der Waals surface area contributed by atoms with Crippen molar-refractivity contribution in [3.8, 4) is 0 Å². The molecule has 0 aromatic carbocycles. The predicted octanol–water partition coefficient (Wildman–Crippen LogP) is 3.49. The minimum absolute atomic E-state index is 0.0568. The number of rotatable bonds is 3. The van der Waals surface area contributed by atoms with Gasteiger partial charge in [-0.05, 0) is 99.4 Å². The lowest BCUT2D eigenvalue weighted by molar-refractivity contribution is -0.285. The van der Waals surface area contributed by atoms with Gasteiger partial charge in [-0.15, -0.1) is 0 Å². The first-order chi connectivity index (χ1) is 17.0. The van der Waals surface area contributed by atoms with Crippen LogP contribution in [0.4, 0.5) is 0 Å². The highest BCUT2D eigenvalue weighted by Gasteiger charge is 2.67. The van der Waals surface area contributed by atoms with Crippen molar-refractivity contribution < 1.29 is 34.3 Å². The number of ether oxygens (including phenoxy) is 3. The maximum atomic E-state index is 12.4. The Hall–Kier alpha value is -0.990. The van der Waals surface area contributed by atoms with Crippen LogP contribution in [0.25, 0.3) is 0 Å². The molecule has 6 rings (SSSR count). The Labute approximate surface area is 214 Å². The molecule has 2 heterocycles. The molecule has 36 heavy (non-hydrogen) atoms. The molecule has 4 saturated carbocycles. The molecule has 202 valence electrons. The second kappa shape index (κ2) is 8.77. The Kier molecular flexibility index (Phi) is 6.16. The molecule has 0 unspecified atom stereocenters. The van der Waals surface area contributed by atoms with Crippen LogP contribution in [0.3, 0.4) is 0 Å². The van der Waals surface area contributed by atoms with Gasteiger partial charge in [0.2, 0.25) is 0 Å². The third kappa shape index (κ3) is 3.67. The van der Waals surface area contributed by atoms with Crippen LogP contribution in [-0.4, -0.2) is 64.2 Å². The van der Waals surface area contributed by atoms with E-state index >= 15 is 0 Å². The number of cyclic esters (lactones) is 1. The van der Waals surface area contributed by atoms with Gasteiger partial charge in [-0.25, -0.2) is 4.79 Å². The normalized spacial score (nSPS) is 54.8. The van der Waals surface area contributed by atoms with Gasteiger partial charge in [0.25, 0.3) is 0 Å². The van der Waals surface area contributed by atoms with Gasteiger partial charge < -0.3 is 29.5 Å². The molecule has 3 N–H and O–H groups in total. The summed E-state index contributed by atoms with van der Waals surface area (Å²) in [5, 5.41) is 32.8. The van der Waals surface area contributed by atoms with Crippen molar-refractivity contribution in [1.29, 1.82) is 0 Å². The van der Waals surface area contributed by atoms with Crippen molar-refractivity contribution in [2.24, 2.45) is 34.5 Å². The molecule has 0 radical (unpaired) electrons. The third-order valence-electron chi connectivity index (χ3n) is 12.0. The monoisotopic (exact) mass is 504 g/mol. The summed E-state index contributed by atoms with van der Waals surface area (Å²) in [4.78, 5) is 11.8. The summed E-state index contributed by atoms with van der Waals surface area (Å²) in [5.74, 6) is 1.32. The van der Waals surface area contributed by atoms with E-state index in [9.17, 15) is 20.1 Å². The highest BCUT2D eigenvalue weighted by Crippen LogP contribution is 2.70. The highest BCUT2D eigenvalue weighted by molar-refractivity contribution is 5.85. The summed E-state index contributed by atoms with van der Waals surface area (Å²) < 4.78 is 17.4. The Morgan fingerprint density at radius 3 is 2.53 bits per heavy atom. The fraction of sp³-hybridized carbons (Fsp3) is 0.897. The molecule has 5 fully saturated rings. The Morgan fingerprint density at radius 1 is 0.972 bits per heavy atom. The van der Waals surface area contributed by atoms with Gasteiger partial charge in [-0.3, -0.25) is 0 Å². The fourth-order valence-electron chi connectivity index (χ4n) is 9.75. The highest BCUT2D eigenvalue weighted by atomic mass is 16.7. The molecule has 4 aliphatic carbocycles. The van der Waals surface area contributed by atoms with E-state index in [0.717, 1.165) is 63.4 Å². The Bertz CT molecular complexity index is 919. The molecule has 0 spiro atoms. The van der Waals surface area contributed by atoms with Crippen LogP contribution in [0.5, 0.6) is 0 Å². The zero-order valence-electron chi connectivity index (χ0n) is 22.0. The number of fused-ring (bicyclic) bond motifs is 5. The summed E-state index contributed by atoms with van der Waals surface area (Å²) >= 11 is 0. The molecule has 1 saturated heterocycles. The SMILES string of the molecule is C[C@@H]1O[C@@H](O[C@H]2CC[C@@]3(C)[C@H](CC[C@@H]4[C@@H]3CC[C@]3(C)[C@@H](C5=CC(=O)OC5)CC[C@]43O)C2)[C@H](O)C[C@H]1O. The van der Waals surface area contributed by atoms with E-state index in [1.54, 1.807) is 6.08 Å². The molecule has 0 aromatic rings. The lowest BCUT2D eigenvalue weighted by Crippen LogP contribution is -2.62. The molecule has 2 aliphatic heterocycles. The molecule has 0 amide bonds. The largest absolute Gasteiger partial charge is 0.458 e. The molecule has 0 aromatic heterocycles. The first kappa shape index (κ1) is 25.3. The van der Waals surface area contributed by atoms with Crippen molar-refractivity contribution in [2.75, 3.05) is 6.61 Å². The summed E-state index contributed by atoms with van der Waals surface area (Å²) in [7, 11) is 0. The van der Waals surface area contributed by atoms with Crippen molar-refractivity contribution >= 4 is 5.97 Å². The summed E-state index contributed by atoms with van der Waals surface area (Å²) in [6, 6.07) is 0. The number of hydrogen-bond acceptors (Lipinski definition) is 7. The summed E-state index contributed by atoms with van der Waals surface area (Å²) in [5.41, 5.74) is 0.376. The van der Waals surface area contributed by atoms with Crippen LogP contribution in [0.15, 0.2) is 11.6 Å². The molecule has 12 atom stereocenters. The smallest absolute Gasteiger partial charge is 0.331 e. The topological polar surface area (TPSA) is 105 Å². The van der Waals surface area contributed by atoms with Gasteiger partial charge in [0.05, 0.1) is 23.9 Å². The van der Waals surface area contributed by atoms with Crippen LogP contribution in [0, 0.1) is 34.5 Å². The van der Waals surface area contributed by atoms with Gasteiger partial charge in [0.1, 0.15) is 12.7 Å². The van der Waals surface area contributed by atoms with E-state index in [2.05, 4.69) is 13.8 Å². The summed E-state index contributed by atoms with van der Waals surface area (Å²) in [6.07, 6.45) is 8.55. The van der Waals surface area contributed by atoms with Crippen molar-refractivity contribution in [1.82, 2.24) is 0 Å². The lowest BCUT2D eigenvalue weighted by atomic mass is 9.43. The number of aliphatic hydroxyl groups is 3. The van der Waals surface area contributed by atoms with E-state index in [0.29, 0.717) is 30.8 Å². The van der Waals surface area contributed by atoms with E-state index in [-0.39, 0.29) is 34.9 Å². The number of carbonyl (C=O) groups excluding carboxylic acids is 1. The zero-order valence-corrected chi connectivity index (χ0v) is 22.0. The van der Waals surface area contributed by atoms with Crippen molar-refractivity contribution in [3.63, 3.8) is 0 Å². The van der Waals surface area contributed by atoms with Gasteiger partial charge in [0.15, 0.2) is 6.29 Å². The molecule has 7 nitrogen and oxygen atoms in total. The average molecular weight is 505 g/mol. The Balaban J connectivity index is 1.16. The van der Waals surface area contributed by atoms with E-state index < -0.39 is 24.1 Å². The van der Waals surface area contributed by atoms with E-state index in [4.69, 9.17) is 14.2 Å². The minimum Gasteiger partial charge on any atom is -0.458 e. The molecular formula is C29H44O7. The van der Waals surface area contributed by atoms with Crippen molar-refractivity contribution in [3.05, 3.63) is 11.6 Å². The van der Waals surface area contributed by atoms with Crippen LogP contribution in [-0.2, 0) is 19.0 Å². The van der Waals surface area contributed by atoms with Crippen molar-refractivity contribution in [2.45, 2.75) is 121 Å². The second-order valence-corrected chi connectivity index (χ2v) is 13.4. The average Bonchev–Trinajstić information content (AvgIpc) is 3.37. The zero-order chi connectivity index (χ0) is 25.5. The van der Waals surface area contributed by atoms with Gasteiger partial charge in [-0.2, -0.15) is 0 Å². The standard InChI is InChI=1S/C29H44O7/c1-16-23(30)14-24(31)26(35-16)36-19-6-9-27(2)18(13-19)4-5-22-21(27)7-10-28(3)20(8-11-29(22,28)33)17-12-25(32)34-15-17/h12,16,18-24,26,30-31,33H,4-11,13-15H2,1-3H3/t16-,18+,19-,20+,21-,22+,23+,24+,26-,27-,28+,29-/m0/s1. The minimum atomic E-state index is -0.795. The van der Waals surface area contributed by atoms with Crippen LogP contribution in [0.2, 0.25) is 0 Å². The van der Waals surface area contributed by atoms with E-state index in [1.165, 1.54) is 0 Å². The van der Waals surface area contributed by atoms with Crippen LogP contribution in [0.1, 0.15) is 85.0 Å². The molecule has 7 heteroatoms. The fourth-order valence-corrected chi connectivity index (χ4v) is 9.75. The number of esters is 1. The maximum Gasteiger partial charge on any atom is 0.331 e. The molecule has 6 aliphatic rings. The van der Waals surface area contributed by atoms with Gasteiger partial charge in [-0.1, -0.05) is 13.8 Å². The molecular weight excluding hydrogens is 460 g/mol. The van der Waals surface area contributed by atoms with Crippen LogP contribution >= 0.6 is 0 Å².